The molecule has 0 aliphatic rings. The van der Waals surface area contributed by atoms with Crippen molar-refractivity contribution in [3.05, 3.63) is 22.7 Å². The van der Waals surface area contributed by atoms with Crippen LogP contribution in [0.2, 0.25) is 5.02 Å². The van der Waals surface area contributed by atoms with Crippen molar-refractivity contribution in [1.29, 1.82) is 0 Å². The summed E-state index contributed by atoms with van der Waals surface area (Å²) in [6.07, 6.45) is 0. The number of nitrogens with zero attached hydrogens (tertiary/aromatic N) is 2. The maximum atomic E-state index is 9.92. The van der Waals surface area contributed by atoms with Gasteiger partial charge in [0.2, 0.25) is 0 Å². The molecular weight excluding hydrogens is 254 g/mol. The van der Waals surface area contributed by atoms with Crippen molar-refractivity contribution in [3.63, 3.8) is 0 Å². The number of nitrogens with two attached hydrogens (primary N) is 1. The molecule has 0 atom stereocenters. The highest BCUT2D eigenvalue weighted by Gasteiger charge is 2.18. The molecule has 0 fully saturated rings. The van der Waals surface area contributed by atoms with Crippen molar-refractivity contribution in [2.45, 2.75) is 6.92 Å². The third-order valence-corrected chi connectivity index (χ3v) is 3.16. The van der Waals surface area contributed by atoms with Gasteiger partial charge in [-0.1, -0.05) is 11.6 Å². The molecule has 2 rings (SSSR count). The molecule has 0 spiro atoms. The van der Waals surface area contributed by atoms with Crippen molar-refractivity contribution in [2.24, 2.45) is 7.05 Å². The Morgan fingerprint density at radius 3 is 2.61 bits per heavy atom. The average Bonchev–Trinajstić information content (AvgIpc) is 2.64. The Morgan fingerprint density at radius 1 is 1.44 bits per heavy atom. The van der Waals surface area contributed by atoms with E-state index in [0.717, 1.165) is 5.56 Å². The Balaban J connectivity index is 2.68. The molecule has 96 valence electrons. The van der Waals surface area contributed by atoms with Gasteiger partial charge in [0.1, 0.15) is 5.82 Å². The number of halogens is 1. The number of aryl methyl sites for hydroxylation is 2. The van der Waals surface area contributed by atoms with Crippen molar-refractivity contribution in [2.75, 3.05) is 12.8 Å². The first-order valence-electron chi connectivity index (χ1n) is 5.31. The molecule has 0 saturated heterocycles. The van der Waals surface area contributed by atoms with Crippen LogP contribution >= 0.6 is 11.6 Å². The first-order chi connectivity index (χ1) is 8.45. The maximum Gasteiger partial charge on any atom is 0.177 e. The van der Waals surface area contributed by atoms with E-state index in [1.54, 1.807) is 23.9 Å². The average molecular weight is 268 g/mol. The van der Waals surface area contributed by atoms with Gasteiger partial charge in [0.15, 0.2) is 11.5 Å². The number of phenols is 1. The number of ether oxygens (including phenoxy) is 1. The third kappa shape index (κ3) is 1.86. The number of aromatic nitrogens is 2. The van der Waals surface area contributed by atoms with Gasteiger partial charge in [-0.2, -0.15) is 5.10 Å². The number of nitrogen functional groups attached to an aromatic ring is 1. The predicted molar refractivity (Wildman–Crippen MR) is 71.0 cm³/mol. The van der Waals surface area contributed by atoms with E-state index in [9.17, 15) is 5.11 Å². The van der Waals surface area contributed by atoms with Crippen LogP contribution in [0.5, 0.6) is 11.5 Å². The van der Waals surface area contributed by atoms with E-state index in [1.165, 1.54) is 7.11 Å². The first-order valence-corrected chi connectivity index (χ1v) is 5.69. The van der Waals surface area contributed by atoms with Crippen molar-refractivity contribution < 1.29 is 9.84 Å². The molecular formula is C12H14ClN3O2. The number of hydrogen-bond donors (Lipinski definition) is 2. The lowest BCUT2D eigenvalue weighted by Crippen LogP contribution is -1.97. The second-order valence-corrected chi connectivity index (χ2v) is 4.39. The van der Waals surface area contributed by atoms with Crippen LogP contribution in [-0.2, 0) is 7.05 Å². The molecule has 0 aliphatic heterocycles. The minimum atomic E-state index is -0.0935. The summed E-state index contributed by atoms with van der Waals surface area (Å²) in [7, 11) is 3.22. The Kier molecular flexibility index (Phi) is 3.09. The van der Waals surface area contributed by atoms with Gasteiger partial charge in [-0.3, -0.25) is 4.68 Å². The Labute approximate surface area is 110 Å². The van der Waals surface area contributed by atoms with Crippen LogP contribution in [0, 0.1) is 6.92 Å². The van der Waals surface area contributed by atoms with E-state index in [-0.39, 0.29) is 10.8 Å². The van der Waals surface area contributed by atoms with E-state index in [0.29, 0.717) is 22.8 Å². The van der Waals surface area contributed by atoms with Gasteiger partial charge in [0.05, 0.1) is 17.8 Å². The number of anilines is 1. The molecule has 1 aromatic carbocycles. The van der Waals surface area contributed by atoms with Gasteiger partial charge < -0.3 is 15.6 Å². The molecule has 5 nitrogen and oxygen atoms in total. The predicted octanol–water partition coefficient (Wildman–Crippen LogP) is 2.35. The van der Waals surface area contributed by atoms with Crippen LogP contribution in [-0.4, -0.2) is 22.0 Å². The summed E-state index contributed by atoms with van der Waals surface area (Å²) in [5.74, 6) is 0.768. The molecule has 0 radical (unpaired) electrons. The summed E-state index contributed by atoms with van der Waals surface area (Å²) >= 11 is 6.16. The van der Waals surface area contributed by atoms with E-state index < -0.39 is 0 Å². The summed E-state index contributed by atoms with van der Waals surface area (Å²) in [6.45, 7) is 1.87. The van der Waals surface area contributed by atoms with Crippen LogP contribution in [0.1, 0.15) is 5.56 Å². The highest BCUT2D eigenvalue weighted by molar-refractivity contribution is 6.35. The SMILES string of the molecule is COc1cc(C)c(-c2cc(N)n(C)n2)c(Cl)c1O. The number of aromatic hydroxyl groups is 1. The zero-order valence-corrected chi connectivity index (χ0v) is 11.1. The first kappa shape index (κ1) is 12.6. The molecule has 1 aromatic heterocycles. The number of methoxy groups -OCH3 is 1. The summed E-state index contributed by atoms with van der Waals surface area (Å²) < 4.78 is 6.59. The molecule has 18 heavy (non-hydrogen) atoms. The van der Waals surface area contributed by atoms with Gasteiger partial charge in [-0.05, 0) is 18.6 Å². The Hall–Kier alpha value is -1.88. The van der Waals surface area contributed by atoms with Crippen LogP contribution in [0.3, 0.4) is 0 Å². The highest BCUT2D eigenvalue weighted by Crippen LogP contribution is 2.43. The Bertz CT molecular complexity index is 588. The van der Waals surface area contributed by atoms with E-state index in [2.05, 4.69) is 5.10 Å². The van der Waals surface area contributed by atoms with Crippen LogP contribution in [0.15, 0.2) is 12.1 Å². The fraction of sp³-hybridized carbons (Fsp3) is 0.250. The van der Waals surface area contributed by atoms with Gasteiger partial charge >= 0.3 is 0 Å². The zero-order chi connectivity index (χ0) is 13.4. The van der Waals surface area contributed by atoms with Crippen molar-refractivity contribution in [3.8, 4) is 22.8 Å². The summed E-state index contributed by atoms with van der Waals surface area (Å²) in [5, 5.41) is 14.4. The molecule has 6 heteroatoms. The van der Waals surface area contributed by atoms with Crippen LogP contribution in [0.4, 0.5) is 5.82 Å². The lowest BCUT2D eigenvalue weighted by Gasteiger charge is -2.11. The Morgan fingerprint density at radius 2 is 2.11 bits per heavy atom. The fourth-order valence-corrected chi connectivity index (χ4v) is 2.15. The number of hydrogen-bond acceptors (Lipinski definition) is 4. The standard InChI is InChI=1S/C12H14ClN3O2/c1-6-4-8(18-3)12(17)11(13)10(6)7-5-9(14)16(2)15-7/h4-5,17H,14H2,1-3H3. The molecule has 1 heterocycles. The van der Waals surface area contributed by atoms with Crippen LogP contribution in [0.25, 0.3) is 11.3 Å². The number of phenolic OH excluding ortho intramolecular Hbond substituents is 1. The minimum absolute atomic E-state index is 0.0935. The molecule has 0 unspecified atom stereocenters. The largest absolute Gasteiger partial charge is 0.503 e. The molecule has 0 saturated carbocycles. The number of rotatable bonds is 2. The van der Waals surface area contributed by atoms with Crippen molar-refractivity contribution >= 4 is 17.4 Å². The molecule has 0 aliphatic carbocycles. The van der Waals surface area contributed by atoms with Gasteiger partial charge in [0.25, 0.3) is 0 Å². The maximum absolute atomic E-state index is 9.92. The zero-order valence-electron chi connectivity index (χ0n) is 10.4. The topological polar surface area (TPSA) is 73.3 Å². The normalized spacial score (nSPS) is 10.7. The summed E-state index contributed by atoms with van der Waals surface area (Å²) in [4.78, 5) is 0. The molecule has 0 amide bonds. The third-order valence-electron chi connectivity index (χ3n) is 2.79. The number of benzene rings is 1. The van der Waals surface area contributed by atoms with Gasteiger partial charge in [-0.15, -0.1) is 0 Å². The second kappa shape index (κ2) is 4.42. The summed E-state index contributed by atoms with van der Waals surface area (Å²) in [5.41, 5.74) is 7.87. The second-order valence-electron chi connectivity index (χ2n) is 4.01. The van der Waals surface area contributed by atoms with Crippen molar-refractivity contribution in [1.82, 2.24) is 9.78 Å². The van der Waals surface area contributed by atoms with Crippen LogP contribution < -0.4 is 10.5 Å². The molecule has 2 aromatic rings. The minimum Gasteiger partial charge on any atom is -0.503 e. The molecule has 3 N–H and O–H groups in total. The van der Waals surface area contributed by atoms with E-state index >= 15 is 0 Å². The quantitative estimate of drug-likeness (QED) is 0.876. The van der Waals surface area contributed by atoms with Gasteiger partial charge in [0, 0.05) is 18.7 Å². The van der Waals surface area contributed by atoms with Gasteiger partial charge in [-0.25, -0.2) is 0 Å². The smallest absolute Gasteiger partial charge is 0.177 e. The highest BCUT2D eigenvalue weighted by atomic mass is 35.5. The monoisotopic (exact) mass is 267 g/mol. The molecule has 0 bridgehead atoms. The van der Waals surface area contributed by atoms with E-state index in [4.69, 9.17) is 22.1 Å². The lowest BCUT2D eigenvalue weighted by molar-refractivity contribution is 0.373. The summed E-state index contributed by atoms with van der Waals surface area (Å²) in [6, 6.07) is 3.42. The fourth-order valence-electron chi connectivity index (χ4n) is 1.81. The lowest BCUT2D eigenvalue weighted by atomic mass is 10.0. The van der Waals surface area contributed by atoms with E-state index in [1.807, 2.05) is 6.92 Å².